The number of ether oxygens (including phenoxy) is 1. The van der Waals surface area contributed by atoms with E-state index in [0.717, 1.165) is 18.6 Å². The van der Waals surface area contributed by atoms with Gasteiger partial charge in [-0.15, -0.1) is 10.2 Å². The Hall–Kier alpha value is -2.46. The minimum Gasteiger partial charge on any atom is -0.444 e. The van der Waals surface area contributed by atoms with Crippen LogP contribution in [0.25, 0.3) is 0 Å². The molecule has 206 valence electrons. The fourth-order valence-corrected chi connectivity index (χ4v) is 5.69. The summed E-state index contributed by atoms with van der Waals surface area (Å²) in [5.74, 6) is -5.01. The molecule has 2 amide bonds. The van der Waals surface area contributed by atoms with Gasteiger partial charge in [-0.05, 0) is 44.7 Å². The number of rotatable bonds is 4. The number of carbonyl (C=O) groups excluding carboxylic acids is 2. The molecular weight excluding hydrogens is 541 g/mol. The van der Waals surface area contributed by atoms with E-state index < -0.39 is 40.4 Å². The zero-order chi connectivity index (χ0) is 27.8. The quantitative estimate of drug-likeness (QED) is 0.466. The molecule has 0 N–H and O–H groups in total. The predicted octanol–water partition coefficient (Wildman–Crippen LogP) is 5.73. The van der Waals surface area contributed by atoms with Gasteiger partial charge >= 0.3 is 12.0 Å². The number of aromatic nitrogens is 2. The standard InChI is InChI=1S/C26H30Cl2F2N4O4/c1-23(2,3)38-22(36)33-10-16(25(11-33)12-34(13-25)20(35)15-9-24(15,4)5)19-31-32-21(37-19)26(29,30)14-6-7-17(27)18(28)8-14/h6-8,15-16H,9-13H2,1-5H3/t15-,16?/m1/s1. The van der Waals surface area contributed by atoms with E-state index in [4.69, 9.17) is 32.4 Å². The molecule has 1 unspecified atom stereocenters. The molecular formula is C26H30Cl2F2N4O4. The summed E-state index contributed by atoms with van der Waals surface area (Å²) in [7, 11) is 0. The maximum absolute atomic E-state index is 15.3. The van der Waals surface area contributed by atoms with Crippen molar-refractivity contribution in [1.29, 1.82) is 0 Å². The van der Waals surface area contributed by atoms with Crippen LogP contribution >= 0.6 is 23.2 Å². The van der Waals surface area contributed by atoms with Crippen molar-refractivity contribution >= 4 is 35.2 Å². The van der Waals surface area contributed by atoms with Gasteiger partial charge in [0.1, 0.15) is 5.60 Å². The summed E-state index contributed by atoms with van der Waals surface area (Å²) in [6, 6.07) is 3.48. The summed E-state index contributed by atoms with van der Waals surface area (Å²) in [5, 5.41) is 7.77. The molecule has 2 aliphatic heterocycles. The highest BCUT2D eigenvalue weighted by Gasteiger charge is 2.62. The molecule has 12 heteroatoms. The second kappa shape index (κ2) is 8.78. The summed E-state index contributed by atoms with van der Waals surface area (Å²) in [6.07, 6.45) is 0.313. The number of nitrogens with zero attached hydrogens (tertiary/aromatic N) is 4. The molecule has 2 aromatic rings. The third kappa shape index (κ3) is 4.74. The van der Waals surface area contributed by atoms with E-state index in [1.54, 1.807) is 25.7 Å². The third-order valence-electron chi connectivity index (χ3n) is 7.72. The van der Waals surface area contributed by atoms with Gasteiger partial charge in [-0.1, -0.05) is 43.1 Å². The topological polar surface area (TPSA) is 88.8 Å². The van der Waals surface area contributed by atoms with E-state index in [9.17, 15) is 9.59 Å². The van der Waals surface area contributed by atoms with Gasteiger partial charge in [-0.2, -0.15) is 8.78 Å². The second-order valence-electron chi connectivity index (χ2n) is 12.4. The van der Waals surface area contributed by atoms with Gasteiger partial charge in [-0.25, -0.2) is 4.79 Å². The first-order chi connectivity index (χ1) is 17.5. The van der Waals surface area contributed by atoms with Crippen molar-refractivity contribution in [2.24, 2.45) is 16.7 Å². The zero-order valence-corrected chi connectivity index (χ0v) is 23.4. The Morgan fingerprint density at radius 1 is 1.08 bits per heavy atom. The zero-order valence-electron chi connectivity index (χ0n) is 21.9. The molecule has 1 aromatic carbocycles. The van der Waals surface area contributed by atoms with E-state index in [-0.39, 0.29) is 46.3 Å². The summed E-state index contributed by atoms with van der Waals surface area (Å²) in [5.41, 5.74) is -1.77. The molecule has 1 aliphatic carbocycles. The van der Waals surface area contributed by atoms with Crippen molar-refractivity contribution in [2.45, 2.75) is 58.5 Å². The smallest absolute Gasteiger partial charge is 0.410 e. The summed E-state index contributed by atoms with van der Waals surface area (Å²) in [6.45, 7) is 10.6. The van der Waals surface area contributed by atoms with E-state index >= 15 is 8.78 Å². The van der Waals surface area contributed by atoms with E-state index in [0.29, 0.717) is 13.1 Å². The van der Waals surface area contributed by atoms with Gasteiger partial charge in [0.2, 0.25) is 11.8 Å². The van der Waals surface area contributed by atoms with E-state index in [1.165, 1.54) is 11.0 Å². The van der Waals surface area contributed by atoms with Crippen LogP contribution in [0.4, 0.5) is 13.6 Å². The molecule has 2 saturated heterocycles. The van der Waals surface area contributed by atoms with Gasteiger partial charge in [0, 0.05) is 43.1 Å². The number of benzene rings is 1. The fourth-order valence-electron chi connectivity index (χ4n) is 5.39. The van der Waals surface area contributed by atoms with Crippen molar-refractivity contribution in [2.75, 3.05) is 26.2 Å². The van der Waals surface area contributed by atoms with Crippen LogP contribution in [-0.4, -0.2) is 63.8 Å². The number of likely N-dealkylation sites (tertiary alicyclic amines) is 2. The van der Waals surface area contributed by atoms with Crippen molar-refractivity contribution < 1.29 is 27.5 Å². The van der Waals surface area contributed by atoms with Crippen LogP contribution in [-0.2, 0) is 15.5 Å². The number of amides is 2. The van der Waals surface area contributed by atoms with Crippen LogP contribution in [0.5, 0.6) is 0 Å². The number of hydrogen-bond donors (Lipinski definition) is 0. The first kappa shape index (κ1) is 27.1. The Balaban J connectivity index is 1.40. The number of carbonyl (C=O) groups is 2. The summed E-state index contributed by atoms with van der Waals surface area (Å²) in [4.78, 5) is 29.2. The highest BCUT2D eigenvalue weighted by atomic mass is 35.5. The second-order valence-corrected chi connectivity index (χ2v) is 13.2. The molecule has 2 atom stereocenters. The molecule has 1 aromatic heterocycles. The van der Waals surface area contributed by atoms with Crippen molar-refractivity contribution in [3.63, 3.8) is 0 Å². The van der Waals surface area contributed by atoms with Crippen LogP contribution < -0.4 is 0 Å². The Bertz CT molecular complexity index is 1290. The number of alkyl halides is 2. The van der Waals surface area contributed by atoms with Crippen LogP contribution in [0.15, 0.2) is 22.6 Å². The van der Waals surface area contributed by atoms with Crippen molar-refractivity contribution in [3.8, 4) is 0 Å². The monoisotopic (exact) mass is 570 g/mol. The molecule has 8 nitrogen and oxygen atoms in total. The first-order valence-electron chi connectivity index (χ1n) is 12.5. The Kier molecular flexibility index (Phi) is 6.26. The molecule has 5 rings (SSSR count). The average Bonchev–Trinajstić information content (AvgIpc) is 3.16. The highest BCUT2D eigenvalue weighted by Crippen LogP contribution is 2.56. The molecule has 3 aliphatic rings. The normalized spacial score (nSPS) is 23.9. The molecule has 38 heavy (non-hydrogen) atoms. The molecule has 3 fully saturated rings. The number of halogens is 4. The molecule has 1 spiro atoms. The van der Waals surface area contributed by atoms with Crippen LogP contribution in [0, 0.1) is 16.7 Å². The molecule has 0 bridgehead atoms. The lowest BCUT2D eigenvalue weighted by atomic mass is 9.71. The van der Waals surface area contributed by atoms with Crippen molar-refractivity contribution in [3.05, 3.63) is 45.6 Å². The van der Waals surface area contributed by atoms with Gasteiger partial charge in [0.25, 0.3) is 5.89 Å². The Labute approximate surface area is 229 Å². The summed E-state index contributed by atoms with van der Waals surface area (Å²) >= 11 is 11.8. The fraction of sp³-hybridized carbons (Fsp3) is 0.615. The van der Waals surface area contributed by atoms with Crippen LogP contribution in [0.2, 0.25) is 10.0 Å². The molecule has 3 heterocycles. The molecule has 1 saturated carbocycles. The third-order valence-corrected chi connectivity index (χ3v) is 8.46. The molecule has 0 radical (unpaired) electrons. The lowest BCUT2D eigenvalue weighted by Gasteiger charge is -2.50. The highest BCUT2D eigenvalue weighted by molar-refractivity contribution is 6.42. The van der Waals surface area contributed by atoms with E-state index in [2.05, 4.69) is 24.0 Å². The van der Waals surface area contributed by atoms with E-state index in [1.807, 2.05) is 0 Å². The van der Waals surface area contributed by atoms with Gasteiger partial charge in [-0.3, -0.25) is 4.79 Å². The Morgan fingerprint density at radius 3 is 2.29 bits per heavy atom. The minimum absolute atomic E-state index is 0.00959. The lowest BCUT2D eigenvalue weighted by molar-refractivity contribution is -0.146. The SMILES string of the molecule is CC(C)(C)OC(=O)N1CC(c2nnc(C(F)(F)c3ccc(Cl)c(Cl)c3)o2)C2(C1)CN(C(=O)[C@H]1CC1(C)C)C2. The lowest BCUT2D eigenvalue weighted by Crippen LogP contribution is -2.62. The number of hydrogen-bond acceptors (Lipinski definition) is 6. The maximum Gasteiger partial charge on any atom is 0.410 e. The first-order valence-corrected chi connectivity index (χ1v) is 13.2. The Morgan fingerprint density at radius 2 is 1.71 bits per heavy atom. The van der Waals surface area contributed by atoms with Crippen LogP contribution in [0.1, 0.15) is 64.3 Å². The average molecular weight is 571 g/mol. The van der Waals surface area contributed by atoms with Crippen LogP contribution in [0.3, 0.4) is 0 Å². The largest absolute Gasteiger partial charge is 0.444 e. The van der Waals surface area contributed by atoms with Gasteiger partial charge < -0.3 is 19.0 Å². The summed E-state index contributed by atoms with van der Waals surface area (Å²) < 4.78 is 41.7. The van der Waals surface area contributed by atoms with Gasteiger partial charge in [0.15, 0.2) is 0 Å². The van der Waals surface area contributed by atoms with Crippen molar-refractivity contribution in [1.82, 2.24) is 20.0 Å². The minimum atomic E-state index is -3.62. The maximum atomic E-state index is 15.3. The van der Waals surface area contributed by atoms with Gasteiger partial charge in [0.05, 0.1) is 16.0 Å². The predicted molar refractivity (Wildman–Crippen MR) is 135 cm³/mol.